The Morgan fingerprint density at radius 1 is 1.12 bits per heavy atom. The third-order valence-electron chi connectivity index (χ3n) is 5.37. The fraction of sp³-hybridized carbons (Fsp3) is 0.667. The molecule has 1 rings (SSSR count). The van der Waals surface area contributed by atoms with Crippen molar-refractivity contribution in [1.29, 1.82) is 0 Å². The van der Waals surface area contributed by atoms with Gasteiger partial charge in [-0.1, -0.05) is 57.8 Å². The van der Waals surface area contributed by atoms with Gasteiger partial charge in [0.25, 0.3) is 0 Å². The minimum absolute atomic E-state index is 0.188. The highest BCUT2D eigenvalue weighted by molar-refractivity contribution is 6.83. The van der Waals surface area contributed by atoms with E-state index < -0.39 is 16.4 Å². The van der Waals surface area contributed by atoms with E-state index in [9.17, 15) is 4.79 Å². The SMILES string of the molecule is CCOC(=O)/C=C1/C=C(CO[Si](C)(C)C(C)(C)C)C=C([Si](C)(C)C)CC1. The van der Waals surface area contributed by atoms with Gasteiger partial charge in [0.05, 0.1) is 21.3 Å². The topological polar surface area (TPSA) is 35.5 Å². The predicted molar refractivity (Wildman–Crippen MR) is 117 cm³/mol. The average Bonchev–Trinajstić information content (AvgIpc) is 2.66. The van der Waals surface area contributed by atoms with Crippen LogP contribution >= 0.6 is 0 Å². The van der Waals surface area contributed by atoms with Crippen molar-refractivity contribution < 1.29 is 14.0 Å². The Labute approximate surface area is 162 Å². The van der Waals surface area contributed by atoms with Crippen LogP contribution < -0.4 is 0 Å². The van der Waals surface area contributed by atoms with Gasteiger partial charge < -0.3 is 9.16 Å². The second-order valence-corrected chi connectivity index (χ2v) is 19.6. The van der Waals surface area contributed by atoms with Gasteiger partial charge in [-0.25, -0.2) is 4.79 Å². The lowest BCUT2D eigenvalue weighted by molar-refractivity contribution is -0.137. The van der Waals surface area contributed by atoms with Crippen LogP contribution in [0.5, 0.6) is 0 Å². The van der Waals surface area contributed by atoms with Crippen molar-refractivity contribution in [2.75, 3.05) is 13.2 Å². The number of rotatable bonds is 6. The van der Waals surface area contributed by atoms with Gasteiger partial charge in [-0.15, -0.1) is 0 Å². The first-order chi connectivity index (χ1) is 11.8. The van der Waals surface area contributed by atoms with E-state index in [-0.39, 0.29) is 11.0 Å². The first kappa shape index (κ1) is 23.1. The van der Waals surface area contributed by atoms with E-state index in [1.807, 2.05) is 6.92 Å². The fourth-order valence-electron chi connectivity index (χ4n) is 2.53. The molecule has 0 saturated carbocycles. The van der Waals surface area contributed by atoms with Gasteiger partial charge in [0.2, 0.25) is 0 Å². The molecule has 0 aromatic heterocycles. The molecule has 1 aliphatic rings. The van der Waals surface area contributed by atoms with Gasteiger partial charge >= 0.3 is 5.97 Å². The molecule has 0 heterocycles. The number of ether oxygens (including phenoxy) is 1. The average molecular weight is 395 g/mol. The molecule has 0 atom stereocenters. The number of hydrogen-bond donors (Lipinski definition) is 0. The quantitative estimate of drug-likeness (QED) is 0.314. The maximum absolute atomic E-state index is 11.9. The highest BCUT2D eigenvalue weighted by Crippen LogP contribution is 2.37. The summed E-state index contributed by atoms with van der Waals surface area (Å²) >= 11 is 0. The zero-order valence-electron chi connectivity index (χ0n) is 18.3. The summed E-state index contributed by atoms with van der Waals surface area (Å²) in [5.41, 5.74) is 2.22. The lowest BCUT2D eigenvalue weighted by Gasteiger charge is -2.36. The Bertz CT molecular complexity index is 600. The van der Waals surface area contributed by atoms with E-state index in [1.54, 1.807) is 6.08 Å². The summed E-state index contributed by atoms with van der Waals surface area (Å²) < 4.78 is 11.5. The molecule has 0 aromatic carbocycles. The van der Waals surface area contributed by atoms with Crippen LogP contribution in [-0.2, 0) is 14.0 Å². The summed E-state index contributed by atoms with van der Waals surface area (Å²) in [7, 11) is -3.20. The Morgan fingerprint density at radius 3 is 2.23 bits per heavy atom. The molecule has 0 aromatic rings. The normalized spacial score (nSPS) is 18.3. The van der Waals surface area contributed by atoms with Crippen LogP contribution in [0.3, 0.4) is 0 Å². The van der Waals surface area contributed by atoms with E-state index in [4.69, 9.17) is 9.16 Å². The maximum atomic E-state index is 11.9. The van der Waals surface area contributed by atoms with Crippen LogP contribution in [0.4, 0.5) is 0 Å². The molecule has 3 nitrogen and oxygen atoms in total. The van der Waals surface area contributed by atoms with Crippen molar-refractivity contribution >= 4 is 22.4 Å². The molecule has 0 spiro atoms. The lowest BCUT2D eigenvalue weighted by atomic mass is 10.1. The van der Waals surface area contributed by atoms with Crippen molar-refractivity contribution in [2.45, 2.75) is 78.3 Å². The van der Waals surface area contributed by atoms with Crippen molar-refractivity contribution in [3.05, 3.63) is 34.6 Å². The molecular weight excluding hydrogens is 356 g/mol. The number of hydrogen-bond acceptors (Lipinski definition) is 3. The van der Waals surface area contributed by atoms with E-state index in [0.29, 0.717) is 13.2 Å². The largest absolute Gasteiger partial charge is 0.463 e. The molecule has 0 fully saturated rings. The second-order valence-electron chi connectivity index (χ2n) is 9.66. The van der Waals surface area contributed by atoms with Gasteiger partial charge in [-0.3, -0.25) is 0 Å². The van der Waals surface area contributed by atoms with Crippen molar-refractivity contribution in [3.8, 4) is 0 Å². The van der Waals surface area contributed by atoms with E-state index in [2.05, 4.69) is 65.7 Å². The number of carbonyl (C=O) groups is 1. The molecule has 0 saturated heterocycles. The summed E-state index contributed by atoms with van der Waals surface area (Å²) in [4.78, 5) is 11.9. The minimum Gasteiger partial charge on any atom is -0.463 e. The lowest BCUT2D eigenvalue weighted by Crippen LogP contribution is -2.41. The highest BCUT2D eigenvalue weighted by Gasteiger charge is 2.37. The Balaban J connectivity index is 3.11. The zero-order chi connectivity index (χ0) is 20.2. The number of carbonyl (C=O) groups excluding carboxylic acids is 1. The summed E-state index contributed by atoms with van der Waals surface area (Å²) in [5.74, 6) is -0.250. The third kappa shape index (κ3) is 7.01. The number of esters is 1. The predicted octanol–water partition coefficient (Wildman–Crippen LogP) is 6.02. The van der Waals surface area contributed by atoms with E-state index in [1.165, 1.54) is 10.8 Å². The molecule has 1 aliphatic carbocycles. The molecule has 148 valence electrons. The molecule has 0 amide bonds. The van der Waals surface area contributed by atoms with Crippen LogP contribution in [0, 0.1) is 0 Å². The van der Waals surface area contributed by atoms with Crippen molar-refractivity contribution in [3.63, 3.8) is 0 Å². The zero-order valence-corrected chi connectivity index (χ0v) is 20.3. The third-order valence-corrected chi connectivity index (χ3v) is 12.2. The molecule has 26 heavy (non-hydrogen) atoms. The van der Waals surface area contributed by atoms with Crippen LogP contribution in [0.15, 0.2) is 34.6 Å². The van der Waals surface area contributed by atoms with Crippen LogP contribution in [0.2, 0.25) is 37.8 Å². The summed E-state index contributed by atoms with van der Waals surface area (Å²) in [5, 5.41) is 1.72. The highest BCUT2D eigenvalue weighted by atomic mass is 28.4. The Morgan fingerprint density at radius 2 is 1.73 bits per heavy atom. The number of allylic oxidation sites excluding steroid dienone is 3. The molecule has 0 N–H and O–H groups in total. The molecule has 0 bridgehead atoms. The van der Waals surface area contributed by atoms with E-state index >= 15 is 0 Å². The van der Waals surface area contributed by atoms with Gasteiger partial charge in [0, 0.05) is 6.08 Å². The Hall–Kier alpha value is -0.916. The molecule has 5 heteroatoms. The monoisotopic (exact) mass is 394 g/mol. The Kier molecular flexibility index (Phi) is 7.87. The molecule has 0 aliphatic heterocycles. The van der Waals surface area contributed by atoms with Gasteiger partial charge in [-0.05, 0) is 49.0 Å². The van der Waals surface area contributed by atoms with Gasteiger partial charge in [0.15, 0.2) is 8.32 Å². The molecule has 0 radical (unpaired) electrons. The minimum atomic E-state index is -1.81. The van der Waals surface area contributed by atoms with Crippen molar-refractivity contribution in [2.24, 2.45) is 0 Å². The van der Waals surface area contributed by atoms with Crippen LogP contribution in [0.25, 0.3) is 0 Å². The molecular formula is C21H38O3Si2. The fourth-order valence-corrected chi connectivity index (χ4v) is 4.99. The van der Waals surface area contributed by atoms with Crippen molar-refractivity contribution in [1.82, 2.24) is 0 Å². The summed E-state index contributed by atoms with van der Waals surface area (Å²) in [6.45, 7) is 21.3. The first-order valence-electron chi connectivity index (χ1n) is 9.69. The second kappa shape index (κ2) is 8.85. The summed E-state index contributed by atoms with van der Waals surface area (Å²) in [6.07, 6.45) is 8.03. The maximum Gasteiger partial charge on any atom is 0.331 e. The van der Waals surface area contributed by atoms with Crippen LogP contribution in [0.1, 0.15) is 40.5 Å². The van der Waals surface area contributed by atoms with E-state index in [0.717, 1.165) is 18.4 Å². The molecule has 0 unspecified atom stereocenters. The van der Waals surface area contributed by atoms with Gasteiger partial charge in [0.1, 0.15) is 0 Å². The standard InChI is InChI=1S/C21H38O3Si2/c1-10-23-20(22)15-17-11-12-19(25(5,6)7)14-18(13-17)16-24-26(8,9)21(2,3)4/h13-15H,10-12,16H2,1-9H3/b17-15+. The van der Waals surface area contributed by atoms with Crippen LogP contribution in [-0.4, -0.2) is 35.6 Å². The van der Waals surface area contributed by atoms with Gasteiger partial charge in [-0.2, -0.15) is 0 Å². The summed E-state index contributed by atoms with van der Waals surface area (Å²) in [6, 6.07) is 0. The first-order valence-corrected chi connectivity index (χ1v) is 16.1. The smallest absolute Gasteiger partial charge is 0.331 e.